The molecule has 0 fully saturated rings. The number of hydrogen-bond donors (Lipinski definition) is 1. The van der Waals surface area contributed by atoms with E-state index in [1.807, 2.05) is 0 Å². The molecule has 0 saturated carbocycles. The highest BCUT2D eigenvalue weighted by atomic mass is 79.9. The summed E-state index contributed by atoms with van der Waals surface area (Å²) < 4.78 is 41.2. The molecule has 1 aromatic carbocycles. The number of nitrogens with two attached hydrogens (primary N) is 1. The van der Waals surface area contributed by atoms with Crippen molar-refractivity contribution in [1.29, 1.82) is 0 Å². The maximum Gasteiger partial charge on any atom is 0.339 e. The summed E-state index contributed by atoms with van der Waals surface area (Å²) in [4.78, 5) is 11.2. The second kappa shape index (κ2) is 7.33. The van der Waals surface area contributed by atoms with Crippen LogP contribution in [0.5, 0.6) is 0 Å². The van der Waals surface area contributed by atoms with Gasteiger partial charge in [0.1, 0.15) is 10.7 Å². The number of carbonyl (C=O) groups excluding carboxylic acids is 1. The lowest BCUT2D eigenvalue weighted by Crippen LogP contribution is -2.16. The molecule has 0 aromatic heterocycles. The van der Waals surface area contributed by atoms with Crippen LogP contribution in [0, 0.1) is 11.7 Å². The first-order valence-electron chi connectivity index (χ1n) is 6.32. The molecule has 1 rings (SSSR count). The Morgan fingerprint density at radius 2 is 2.05 bits per heavy atom. The molecule has 8 heteroatoms. The summed E-state index contributed by atoms with van der Waals surface area (Å²) in [5.74, 6) is -1.26. The molecule has 0 aliphatic carbocycles. The topological polar surface area (TPSA) is 86.5 Å². The molecule has 1 aromatic rings. The average Bonchev–Trinajstić information content (AvgIpc) is 2.32. The summed E-state index contributed by atoms with van der Waals surface area (Å²) in [6.07, 6.45) is 1.60. The third-order valence-electron chi connectivity index (χ3n) is 2.71. The minimum Gasteiger partial charge on any atom is -0.462 e. The summed E-state index contributed by atoms with van der Waals surface area (Å²) in [5.41, 5.74) is -0.0787. The summed E-state index contributed by atoms with van der Waals surface area (Å²) in [7, 11) is -4.25. The smallest absolute Gasteiger partial charge is 0.339 e. The predicted molar refractivity (Wildman–Crippen MR) is 79.8 cm³/mol. The summed E-state index contributed by atoms with van der Waals surface area (Å²) >= 11 is 3.00. The van der Waals surface area contributed by atoms with Gasteiger partial charge >= 0.3 is 5.97 Å². The van der Waals surface area contributed by atoms with Crippen molar-refractivity contribution >= 4 is 31.9 Å². The molecule has 0 radical (unpaired) electrons. The van der Waals surface area contributed by atoms with Crippen LogP contribution in [0.25, 0.3) is 0 Å². The van der Waals surface area contributed by atoms with E-state index in [0.717, 1.165) is 18.6 Å². The van der Waals surface area contributed by atoms with Crippen LogP contribution in [0.2, 0.25) is 0 Å². The second-order valence-electron chi connectivity index (χ2n) is 4.98. The third kappa shape index (κ3) is 5.37. The molecule has 0 spiro atoms. The molecular weight excluding hydrogens is 365 g/mol. The summed E-state index contributed by atoms with van der Waals surface area (Å²) in [6, 6.07) is 1.75. The van der Waals surface area contributed by atoms with Gasteiger partial charge < -0.3 is 4.74 Å². The molecule has 5 nitrogen and oxygen atoms in total. The number of sulfonamides is 1. The Morgan fingerprint density at radius 3 is 2.57 bits per heavy atom. The van der Waals surface area contributed by atoms with Crippen molar-refractivity contribution in [2.75, 3.05) is 6.61 Å². The van der Waals surface area contributed by atoms with Crippen LogP contribution >= 0.6 is 15.9 Å². The summed E-state index contributed by atoms with van der Waals surface area (Å²) in [6.45, 7) is 4.32. The zero-order valence-electron chi connectivity index (χ0n) is 11.7. The molecule has 21 heavy (non-hydrogen) atoms. The number of rotatable bonds is 6. The molecule has 0 heterocycles. The van der Waals surface area contributed by atoms with Crippen LogP contribution in [0.1, 0.15) is 37.0 Å². The minimum absolute atomic E-state index is 0.0787. The largest absolute Gasteiger partial charge is 0.462 e. The van der Waals surface area contributed by atoms with Crippen molar-refractivity contribution in [3.63, 3.8) is 0 Å². The van der Waals surface area contributed by atoms with Gasteiger partial charge in [-0.2, -0.15) is 0 Å². The first kappa shape index (κ1) is 18.1. The molecule has 0 bridgehead atoms. The monoisotopic (exact) mass is 381 g/mol. The van der Waals surface area contributed by atoms with Crippen molar-refractivity contribution in [2.24, 2.45) is 11.1 Å². The summed E-state index contributed by atoms with van der Waals surface area (Å²) in [5, 5.41) is 4.90. The fourth-order valence-electron chi connectivity index (χ4n) is 1.64. The van der Waals surface area contributed by atoms with Gasteiger partial charge in [-0.1, -0.05) is 13.8 Å². The lowest BCUT2D eigenvalue weighted by molar-refractivity contribution is 0.0493. The molecule has 0 aliphatic heterocycles. The molecule has 0 saturated heterocycles. The van der Waals surface area contributed by atoms with Gasteiger partial charge in [0.05, 0.1) is 12.2 Å². The van der Waals surface area contributed by atoms with Crippen LogP contribution < -0.4 is 5.14 Å². The zero-order chi connectivity index (χ0) is 16.2. The average molecular weight is 382 g/mol. The zero-order valence-corrected chi connectivity index (χ0v) is 14.1. The lowest BCUT2D eigenvalue weighted by atomic mass is 10.1. The number of hydrogen-bond acceptors (Lipinski definition) is 4. The van der Waals surface area contributed by atoms with E-state index in [2.05, 4.69) is 29.8 Å². The van der Waals surface area contributed by atoms with Crippen LogP contribution in [0.15, 0.2) is 21.5 Å². The molecule has 0 aliphatic rings. The van der Waals surface area contributed by atoms with Crippen molar-refractivity contribution < 1.29 is 22.3 Å². The Kier molecular flexibility index (Phi) is 6.30. The van der Waals surface area contributed by atoms with Gasteiger partial charge in [-0.3, -0.25) is 0 Å². The Balaban J connectivity index is 2.90. The molecule has 0 atom stereocenters. The fraction of sp³-hybridized carbons (Fsp3) is 0.462. The second-order valence-corrected chi connectivity index (χ2v) is 7.36. The van der Waals surface area contributed by atoms with E-state index < -0.39 is 26.7 Å². The Bertz CT molecular complexity index is 631. The van der Waals surface area contributed by atoms with E-state index in [0.29, 0.717) is 12.3 Å². The fourth-order valence-corrected chi connectivity index (χ4v) is 2.73. The van der Waals surface area contributed by atoms with E-state index >= 15 is 0 Å². The van der Waals surface area contributed by atoms with Crippen LogP contribution in [0.4, 0.5) is 4.39 Å². The number of esters is 1. The van der Waals surface area contributed by atoms with Crippen molar-refractivity contribution in [3.8, 4) is 0 Å². The van der Waals surface area contributed by atoms with Gasteiger partial charge in [0.15, 0.2) is 0 Å². The maximum atomic E-state index is 13.5. The van der Waals surface area contributed by atoms with Crippen molar-refractivity contribution in [2.45, 2.75) is 31.6 Å². The van der Waals surface area contributed by atoms with E-state index in [1.165, 1.54) is 0 Å². The highest BCUT2D eigenvalue weighted by Crippen LogP contribution is 2.24. The first-order valence-corrected chi connectivity index (χ1v) is 8.66. The van der Waals surface area contributed by atoms with Crippen molar-refractivity contribution in [3.05, 3.63) is 28.0 Å². The number of ether oxygens (including phenoxy) is 1. The van der Waals surface area contributed by atoms with E-state index in [-0.39, 0.29) is 16.6 Å². The Labute approximate surface area is 131 Å². The van der Waals surface area contributed by atoms with Gasteiger partial charge in [-0.05, 0) is 46.8 Å². The van der Waals surface area contributed by atoms with Gasteiger partial charge in [0.2, 0.25) is 10.0 Å². The highest BCUT2D eigenvalue weighted by Gasteiger charge is 2.21. The van der Waals surface area contributed by atoms with Gasteiger partial charge in [-0.15, -0.1) is 0 Å². The molecular formula is C13H17BrFNO4S. The predicted octanol–water partition coefficient (Wildman–Crippen LogP) is 2.83. The molecule has 118 valence electrons. The molecule has 0 amide bonds. The SMILES string of the molecule is CC(C)CCCOC(=O)c1cc(S(N)(=O)=O)c(F)cc1Br. The quantitative estimate of drug-likeness (QED) is 0.606. The standard InChI is InChI=1S/C13H17BrFNO4S/c1-8(2)4-3-5-20-13(17)9-6-12(21(16,18)19)11(15)7-10(9)14/h6-8H,3-5H2,1-2H3,(H2,16,18,19). The minimum atomic E-state index is -4.25. The maximum absolute atomic E-state index is 13.5. The number of carbonyl (C=O) groups is 1. The van der Waals surface area contributed by atoms with Gasteiger partial charge in [-0.25, -0.2) is 22.7 Å². The van der Waals surface area contributed by atoms with Crippen molar-refractivity contribution in [1.82, 2.24) is 0 Å². The number of halogens is 2. The molecule has 2 N–H and O–H groups in total. The third-order valence-corrected chi connectivity index (χ3v) is 4.29. The molecule has 0 unspecified atom stereocenters. The van der Waals surface area contributed by atoms with Crippen LogP contribution in [0.3, 0.4) is 0 Å². The lowest BCUT2D eigenvalue weighted by Gasteiger charge is -2.09. The van der Waals surface area contributed by atoms with Crippen LogP contribution in [-0.2, 0) is 14.8 Å². The number of primary sulfonamides is 1. The van der Waals surface area contributed by atoms with Crippen LogP contribution in [-0.4, -0.2) is 21.0 Å². The van der Waals surface area contributed by atoms with Gasteiger partial charge in [0, 0.05) is 4.47 Å². The Hall–Kier alpha value is -0.990. The van der Waals surface area contributed by atoms with E-state index in [1.54, 1.807) is 0 Å². The normalized spacial score (nSPS) is 11.7. The first-order chi connectivity index (χ1) is 9.62. The van der Waals surface area contributed by atoms with E-state index in [9.17, 15) is 17.6 Å². The van der Waals surface area contributed by atoms with E-state index in [4.69, 9.17) is 9.88 Å². The Morgan fingerprint density at radius 1 is 1.43 bits per heavy atom. The number of benzene rings is 1. The van der Waals surface area contributed by atoms with Gasteiger partial charge in [0.25, 0.3) is 0 Å². The highest BCUT2D eigenvalue weighted by molar-refractivity contribution is 9.10.